The number of fused-ring (bicyclic) bond motifs is 1. The number of nitrogens with zero attached hydrogens (tertiary/aromatic N) is 3. The van der Waals surface area contributed by atoms with Crippen molar-refractivity contribution in [2.24, 2.45) is 5.41 Å². The van der Waals surface area contributed by atoms with Gasteiger partial charge in [-0.1, -0.05) is 30.3 Å². The van der Waals surface area contributed by atoms with Gasteiger partial charge in [-0.2, -0.15) is 4.98 Å². The molecule has 1 aliphatic rings. The van der Waals surface area contributed by atoms with E-state index in [-0.39, 0.29) is 5.91 Å². The molecule has 1 amide bonds. The molecule has 0 saturated carbocycles. The second-order valence-electron chi connectivity index (χ2n) is 9.32. The fourth-order valence-corrected chi connectivity index (χ4v) is 4.98. The minimum Gasteiger partial charge on any atom is -0.493 e. The lowest BCUT2D eigenvalue weighted by atomic mass is 9.73. The number of hydrogen-bond acceptors (Lipinski definition) is 8. The van der Waals surface area contributed by atoms with E-state index in [9.17, 15) is 4.79 Å². The Kier molecular flexibility index (Phi) is 6.85. The summed E-state index contributed by atoms with van der Waals surface area (Å²) in [5, 5.41) is 3.80. The Morgan fingerprint density at radius 1 is 1.05 bits per heavy atom. The van der Waals surface area contributed by atoms with E-state index in [4.69, 9.17) is 24.6 Å². The van der Waals surface area contributed by atoms with Gasteiger partial charge in [-0.05, 0) is 43.0 Å². The Hall–Kier alpha value is -4.27. The summed E-state index contributed by atoms with van der Waals surface area (Å²) < 4.78 is 16.2. The van der Waals surface area contributed by atoms with Crippen LogP contribution in [0.2, 0.25) is 0 Å². The largest absolute Gasteiger partial charge is 0.493 e. The van der Waals surface area contributed by atoms with Gasteiger partial charge in [0.1, 0.15) is 11.6 Å². The van der Waals surface area contributed by atoms with Crippen molar-refractivity contribution in [3.05, 3.63) is 72.2 Å². The number of ether oxygens (including phenoxy) is 2. The minimum absolute atomic E-state index is 0.0307. The van der Waals surface area contributed by atoms with Gasteiger partial charge in [-0.15, -0.1) is 0 Å². The molecule has 0 spiro atoms. The number of rotatable bonds is 8. The summed E-state index contributed by atoms with van der Waals surface area (Å²) in [6.45, 7) is 1.61. The predicted molar refractivity (Wildman–Crippen MR) is 142 cm³/mol. The molecule has 1 aliphatic heterocycles. The number of benzene rings is 2. The van der Waals surface area contributed by atoms with E-state index in [1.165, 1.54) is 0 Å². The quantitative estimate of drug-likeness (QED) is 0.373. The van der Waals surface area contributed by atoms with Crippen molar-refractivity contribution in [3.63, 3.8) is 0 Å². The van der Waals surface area contributed by atoms with Gasteiger partial charge in [0.2, 0.25) is 11.9 Å². The number of piperidine rings is 1. The van der Waals surface area contributed by atoms with Crippen LogP contribution in [0.25, 0.3) is 10.9 Å². The van der Waals surface area contributed by atoms with Crippen molar-refractivity contribution in [1.29, 1.82) is 0 Å². The lowest BCUT2D eigenvalue weighted by Gasteiger charge is -2.41. The number of nitrogens with two attached hydrogens (primary N) is 1. The number of methoxy groups -OCH3 is 2. The number of carbonyl (C=O) groups is 1. The van der Waals surface area contributed by atoms with E-state index < -0.39 is 5.41 Å². The summed E-state index contributed by atoms with van der Waals surface area (Å²) in [6.07, 6.45) is 3.57. The maximum Gasteiger partial charge on any atom is 0.227 e. The van der Waals surface area contributed by atoms with Gasteiger partial charge < -0.3 is 29.8 Å². The van der Waals surface area contributed by atoms with Crippen LogP contribution in [0.4, 0.5) is 11.8 Å². The van der Waals surface area contributed by atoms with Gasteiger partial charge in [-0.3, -0.25) is 4.79 Å². The maximum absolute atomic E-state index is 13.6. The first kappa shape index (κ1) is 24.4. The van der Waals surface area contributed by atoms with E-state index in [0.29, 0.717) is 73.1 Å². The molecule has 0 aliphatic carbocycles. The van der Waals surface area contributed by atoms with Crippen molar-refractivity contribution < 1.29 is 18.7 Å². The van der Waals surface area contributed by atoms with Crippen LogP contribution in [0.15, 0.2) is 65.3 Å². The molecule has 0 bridgehead atoms. The Morgan fingerprint density at radius 2 is 1.78 bits per heavy atom. The fraction of sp³-hybridized carbons (Fsp3) is 0.321. The molecule has 0 radical (unpaired) electrons. The molecule has 0 atom stereocenters. The summed E-state index contributed by atoms with van der Waals surface area (Å²) in [7, 11) is 3.17. The van der Waals surface area contributed by atoms with E-state index >= 15 is 0 Å². The number of carbonyl (C=O) groups excluding carboxylic acids is 1. The summed E-state index contributed by atoms with van der Waals surface area (Å²) in [4.78, 5) is 25.0. The monoisotopic (exact) mass is 501 g/mol. The van der Waals surface area contributed by atoms with Gasteiger partial charge >= 0.3 is 0 Å². The summed E-state index contributed by atoms with van der Waals surface area (Å²) in [5.41, 5.74) is 7.58. The van der Waals surface area contributed by atoms with Crippen LogP contribution >= 0.6 is 0 Å². The number of furan rings is 1. The van der Waals surface area contributed by atoms with Crippen molar-refractivity contribution in [2.45, 2.75) is 25.8 Å². The number of hydrogen-bond donors (Lipinski definition) is 2. The molecule has 1 fully saturated rings. The second kappa shape index (κ2) is 10.4. The van der Waals surface area contributed by atoms with E-state index in [1.807, 2.05) is 30.3 Å². The Labute approximate surface area is 215 Å². The van der Waals surface area contributed by atoms with E-state index in [2.05, 4.69) is 27.3 Å². The van der Waals surface area contributed by atoms with Crippen LogP contribution in [0.1, 0.15) is 24.2 Å². The predicted octanol–water partition coefficient (Wildman–Crippen LogP) is 3.97. The average molecular weight is 502 g/mol. The first-order valence-corrected chi connectivity index (χ1v) is 12.3. The maximum atomic E-state index is 13.6. The van der Waals surface area contributed by atoms with Crippen LogP contribution < -0.4 is 25.4 Å². The molecule has 0 unspecified atom stereocenters. The number of anilines is 2. The van der Waals surface area contributed by atoms with Crippen molar-refractivity contribution >= 4 is 28.6 Å². The molecule has 3 N–H and O–H groups in total. The number of amides is 1. The Morgan fingerprint density at radius 3 is 2.46 bits per heavy atom. The van der Waals surface area contributed by atoms with Crippen molar-refractivity contribution in [2.75, 3.05) is 37.9 Å². The number of nitrogen functional groups attached to an aromatic ring is 1. The number of nitrogens with one attached hydrogen (secondary N) is 1. The zero-order valence-corrected chi connectivity index (χ0v) is 21.1. The molecule has 37 heavy (non-hydrogen) atoms. The highest BCUT2D eigenvalue weighted by Gasteiger charge is 2.42. The van der Waals surface area contributed by atoms with Gasteiger partial charge in [0.15, 0.2) is 11.5 Å². The lowest BCUT2D eigenvalue weighted by Crippen LogP contribution is -2.50. The molecule has 3 heterocycles. The smallest absolute Gasteiger partial charge is 0.227 e. The molecule has 2 aromatic heterocycles. The summed E-state index contributed by atoms with van der Waals surface area (Å²) in [5.74, 6) is 2.82. The Bertz CT molecular complexity index is 1370. The molecule has 9 nitrogen and oxygen atoms in total. The van der Waals surface area contributed by atoms with Crippen LogP contribution in [-0.4, -0.2) is 43.2 Å². The van der Waals surface area contributed by atoms with Gasteiger partial charge in [0.25, 0.3) is 0 Å². The average Bonchev–Trinajstić information content (AvgIpc) is 3.45. The zero-order valence-electron chi connectivity index (χ0n) is 21.1. The second-order valence-corrected chi connectivity index (χ2v) is 9.32. The molecule has 192 valence electrons. The van der Waals surface area contributed by atoms with E-state index in [0.717, 1.165) is 11.3 Å². The van der Waals surface area contributed by atoms with Crippen LogP contribution in [0.3, 0.4) is 0 Å². The summed E-state index contributed by atoms with van der Waals surface area (Å²) in [6, 6.07) is 17.4. The third-order valence-corrected chi connectivity index (χ3v) is 7.09. The molecule has 5 rings (SSSR count). The molecular formula is C28H31N5O4. The molecule has 2 aromatic carbocycles. The molecular weight excluding hydrogens is 470 g/mol. The van der Waals surface area contributed by atoms with Crippen molar-refractivity contribution in [1.82, 2.24) is 15.3 Å². The topological polar surface area (TPSA) is 116 Å². The highest BCUT2D eigenvalue weighted by Crippen LogP contribution is 2.38. The standard InChI is InChI=1S/C28H31N5O4/c1-35-23-15-21-22(16-24(23)36-2)31-27(32-25(21)29)33-12-10-28(11-13-33,17-19-7-4-3-5-8-19)26(34)30-18-20-9-6-14-37-20/h3-9,14-16H,10-13,17-18H2,1-2H3,(H,30,34)(H2,29,31,32). The van der Waals surface area contributed by atoms with Crippen LogP contribution in [-0.2, 0) is 17.8 Å². The first-order chi connectivity index (χ1) is 18.0. The van der Waals surface area contributed by atoms with Gasteiger partial charge in [0.05, 0.1) is 38.0 Å². The normalized spacial score (nSPS) is 14.9. The van der Waals surface area contributed by atoms with Gasteiger partial charge in [-0.25, -0.2) is 4.98 Å². The third-order valence-electron chi connectivity index (χ3n) is 7.09. The molecule has 9 heteroatoms. The minimum atomic E-state index is -0.552. The van der Waals surface area contributed by atoms with Gasteiger partial charge in [0, 0.05) is 24.5 Å². The number of aromatic nitrogens is 2. The fourth-order valence-electron chi connectivity index (χ4n) is 4.98. The third kappa shape index (κ3) is 5.02. The zero-order chi connectivity index (χ0) is 25.8. The lowest BCUT2D eigenvalue weighted by molar-refractivity contribution is -0.132. The van der Waals surface area contributed by atoms with E-state index in [1.54, 1.807) is 32.6 Å². The highest BCUT2D eigenvalue weighted by atomic mass is 16.5. The molecule has 4 aromatic rings. The SMILES string of the molecule is COc1cc2nc(N3CCC(Cc4ccccc4)(C(=O)NCc4ccco4)CC3)nc(N)c2cc1OC. The highest BCUT2D eigenvalue weighted by molar-refractivity contribution is 5.92. The van der Waals surface area contributed by atoms with Crippen molar-refractivity contribution in [3.8, 4) is 11.5 Å². The Balaban J connectivity index is 1.38. The van der Waals surface area contributed by atoms with Crippen LogP contribution in [0, 0.1) is 5.41 Å². The summed E-state index contributed by atoms with van der Waals surface area (Å²) >= 11 is 0. The first-order valence-electron chi connectivity index (χ1n) is 12.3. The molecule has 1 saturated heterocycles. The van der Waals surface area contributed by atoms with Crippen LogP contribution in [0.5, 0.6) is 11.5 Å².